The molecule has 166 valence electrons. The van der Waals surface area contributed by atoms with Crippen LogP contribution in [0.5, 0.6) is 0 Å². The van der Waals surface area contributed by atoms with Crippen LogP contribution in [0.15, 0.2) is 36.4 Å². The molecule has 4 rings (SSSR count). The molecule has 1 fully saturated rings. The lowest BCUT2D eigenvalue weighted by molar-refractivity contribution is -0.118. The van der Waals surface area contributed by atoms with Gasteiger partial charge >= 0.3 is 0 Å². The number of anilines is 1. The summed E-state index contributed by atoms with van der Waals surface area (Å²) in [5.41, 5.74) is 4.12. The number of fused-ring (bicyclic) bond motifs is 1. The summed E-state index contributed by atoms with van der Waals surface area (Å²) in [7, 11) is 0. The zero-order valence-corrected chi connectivity index (χ0v) is 20.2. The number of hydrogen-bond acceptors (Lipinski definition) is 5. The number of morpholine rings is 1. The summed E-state index contributed by atoms with van der Waals surface area (Å²) in [5, 5.41) is 1.39. The van der Waals surface area contributed by atoms with E-state index in [1.807, 2.05) is 49.1 Å². The summed E-state index contributed by atoms with van der Waals surface area (Å²) < 4.78 is 6.38. The van der Waals surface area contributed by atoms with Gasteiger partial charge in [0.25, 0.3) is 0 Å². The number of aryl methyl sites for hydroxylation is 2. The molecule has 1 amide bonds. The quantitative estimate of drug-likeness (QED) is 0.504. The number of benzene rings is 2. The fraction of sp³-hybridized carbons (Fsp3) is 0.391. The van der Waals surface area contributed by atoms with Crippen LogP contribution in [0.2, 0.25) is 5.02 Å². The summed E-state index contributed by atoms with van der Waals surface area (Å²) in [6, 6.07) is 12.0. The highest BCUT2D eigenvalue weighted by molar-refractivity contribution is 7.23. The van der Waals surface area contributed by atoms with Crippen LogP contribution in [-0.2, 0) is 16.0 Å². The van der Waals surface area contributed by atoms with Crippen LogP contribution in [0.4, 0.5) is 5.13 Å². The highest BCUT2D eigenvalue weighted by Crippen LogP contribution is 2.35. The number of thiazole rings is 1. The number of halogens is 2. The van der Waals surface area contributed by atoms with Crippen molar-refractivity contribution >= 4 is 56.6 Å². The van der Waals surface area contributed by atoms with Gasteiger partial charge in [-0.25, -0.2) is 4.98 Å². The van der Waals surface area contributed by atoms with Crippen LogP contribution in [0.3, 0.4) is 0 Å². The molecule has 0 spiro atoms. The Morgan fingerprint density at radius 3 is 2.71 bits per heavy atom. The number of nitrogens with zero attached hydrogens (tertiary/aromatic N) is 3. The van der Waals surface area contributed by atoms with Crippen molar-refractivity contribution in [3.63, 3.8) is 0 Å². The maximum Gasteiger partial charge on any atom is 0.233 e. The van der Waals surface area contributed by atoms with Crippen LogP contribution in [0.25, 0.3) is 10.2 Å². The second-order valence-corrected chi connectivity index (χ2v) is 9.09. The highest BCUT2D eigenvalue weighted by atomic mass is 35.5. The van der Waals surface area contributed by atoms with E-state index in [0.29, 0.717) is 23.1 Å². The first-order valence-electron chi connectivity index (χ1n) is 10.2. The Labute approximate surface area is 198 Å². The first-order valence-corrected chi connectivity index (χ1v) is 11.4. The van der Waals surface area contributed by atoms with Gasteiger partial charge in [-0.15, -0.1) is 12.4 Å². The van der Waals surface area contributed by atoms with Crippen molar-refractivity contribution in [3.8, 4) is 0 Å². The van der Waals surface area contributed by atoms with Crippen molar-refractivity contribution in [2.75, 3.05) is 44.3 Å². The Balaban J connectivity index is 0.00000272. The molecule has 31 heavy (non-hydrogen) atoms. The third-order valence-electron chi connectivity index (χ3n) is 5.40. The Morgan fingerprint density at radius 2 is 2.00 bits per heavy atom. The predicted molar refractivity (Wildman–Crippen MR) is 131 cm³/mol. The average Bonchev–Trinajstić information content (AvgIpc) is 3.18. The molecule has 5 nitrogen and oxygen atoms in total. The Bertz CT molecular complexity index is 1010. The van der Waals surface area contributed by atoms with E-state index in [-0.39, 0.29) is 18.3 Å². The van der Waals surface area contributed by atoms with Gasteiger partial charge in [-0.3, -0.25) is 14.6 Å². The van der Waals surface area contributed by atoms with E-state index in [1.54, 1.807) is 0 Å². The summed E-state index contributed by atoms with van der Waals surface area (Å²) >= 11 is 7.91. The molecule has 0 saturated carbocycles. The third-order valence-corrected chi connectivity index (χ3v) is 6.94. The van der Waals surface area contributed by atoms with E-state index in [4.69, 9.17) is 21.3 Å². The van der Waals surface area contributed by atoms with Crippen LogP contribution in [0.1, 0.15) is 16.7 Å². The smallest absolute Gasteiger partial charge is 0.233 e. The van der Waals surface area contributed by atoms with Gasteiger partial charge in [0.05, 0.1) is 34.9 Å². The van der Waals surface area contributed by atoms with E-state index in [0.717, 1.165) is 59.8 Å². The number of aromatic nitrogens is 1. The minimum Gasteiger partial charge on any atom is -0.379 e. The van der Waals surface area contributed by atoms with Crippen molar-refractivity contribution in [1.29, 1.82) is 0 Å². The average molecular weight is 480 g/mol. The Hall–Kier alpha value is -1.70. The largest absolute Gasteiger partial charge is 0.379 e. The van der Waals surface area contributed by atoms with Crippen molar-refractivity contribution in [2.24, 2.45) is 0 Å². The summed E-state index contributed by atoms with van der Waals surface area (Å²) in [5.74, 6) is 0.0571. The first-order chi connectivity index (χ1) is 14.5. The molecule has 0 N–H and O–H groups in total. The van der Waals surface area contributed by atoms with Gasteiger partial charge in [-0.05, 0) is 31.0 Å². The number of hydrogen-bond donors (Lipinski definition) is 0. The van der Waals surface area contributed by atoms with Gasteiger partial charge in [0.1, 0.15) is 0 Å². The Morgan fingerprint density at radius 1 is 1.23 bits per heavy atom. The number of amides is 1. The van der Waals surface area contributed by atoms with E-state index in [2.05, 4.69) is 11.0 Å². The molecule has 8 heteroatoms. The normalized spacial score (nSPS) is 14.4. The third kappa shape index (κ3) is 5.76. The van der Waals surface area contributed by atoms with Crippen molar-refractivity contribution in [3.05, 3.63) is 58.1 Å². The number of rotatable bonds is 6. The molecule has 3 aromatic rings. The zero-order chi connectivity index (χ0) is 21.1. The molecular formula is C23H27Cl2N3O2S. The molecule has 0 bridgehead atoms. The highest BCUT2D eigenvalue weighted by Gasteiger charge is 2.23. The van der Waals surface area contributed by atoms with E-state index in [1.165, 1.54) is 11.3 Å². The first kappa shape index (κ1) is 24.0. The summed E-state index contributed by atoms with van der Waals surface area (Å²) in [6.45, 7) is 8.74. The molecule has 1 saturated heterocycles. The van der Waals surface area contributed by atoms with Gasteiger partial charge < -0.3 is 4.74 Å². The molecule has 1 aromatic heterocycles. The van der Waals surface area contributed by atoms with Gasteiger partial charge in [-0.2, -0.15) is 0 Å². The summed E-state index contributed by atoms with van der Waals surface area (Å²) in [6.07, 6.45) is 0.355. The van der Waals surface area contributed by atoms with Crippen LogP contribution in [0, 0.1) is 13.8 Å². The van der Waals surface area contributed by atoms with Crippen molar-refractivity contribution in [2.45, 2.75) is 20.3 Å². The minimum absolute atomic E-state index is 0. The van der Waals surface area contributed by atoms with E-state index < -0.39 is 0 Å². The van der Waals surface area contributed by atoms with Crippen molar-refractivity contribution in [1.82, 2.24) is 9.88 Å². The lowest BCUT2D eigenvalue weighted by atomic mass is 10.1. The maximum atomic E-state index is 13.4. The molecular weight excluding hydrogens is 453 g/mol. The molecule has 2 heterocycles. The maximum absolute atomic E-state index is 13.4. The Kier molecular flexibility index (Phi) is 8.30. The SMILES string of the molecule is Cc1cccc(CC(=O)N(CCN2CCOCC2)c2nc3c(C)ccc(Cl)c3s2)c1.Cl. The topological polar surface area (TPSA) is 45.7 Å². The van der Waals surface area contributed by atoms with Crippen molar-refractivity contribution < 1.29 is 9.53 Å². The van der Waals surface area contributed by atoms with Gasteiger partial charge in [0.15, 0.2) is 5.13 Å². The lowest BCUT2D eigenvalue weighted by Gasteiger charge is -2.29. The molecule has 0 unspecified atom stereocenters. The monoisotopic (exact) mass is 479 g/mol. The number of ether oxygens (including phenoxy) is 1. The van der Waals surface area contributed by atoms with E-state index >= 15 is 0 Å². The van der Waals surface area contributed by atoms with Gasteiger partial charge in [0, 0.05) is 26.2 Å². The lowest BCUT2D eigenvalue weighted by Crippen LogP contribution is -2.43. The van der Waals surface area contributed by atoms with Gasteiger partial charge in [0.2, 0.25) is 5.91 Å². The minimum atomic E-state index is 0. The predicted octanol–water partition coefficient (Wildman–Crippen LogP) is 4.90. The number of carbonyl (C=O) groups excluding carboxylic acids is 1. The second kappa shape index (κ2) is 10.7. The standard InChI is InChI=1S/C23H26ClN3O2S.ClH/c1-16-4-3-5-18(14-16)15-20(28)27(9-8-26-10-12-29-13-11-26)23-25-21-17(2)6-7-19(24)22(21)30-23;/h3-7,14H,8-13,15H2,1-2H3;1H. The molecule has 0 atom stereocenters. The van der Waals surface area contributed by atoms with Gasteiger partial charge in [-0.1, -0.05) is 58.8 Å². The summed E-state index contributed by atoms with van der Waals surface area (Å²) in [4.78, 5) is 22.3. The van der Waals surface area contributed by atoms with Crippen LogP contribution >= 0.6 is 35.3 Å². The molecule has 1 aliphatic rings. The second-order valence-electron chi connectivity index (χ2n) is 7.70. The zero-order valence-electron chi connectivity index (χ0n) is 17.8. The van der Waals surface area contributed by atoms with Crippen LogP contribution in [-0.4, -0.2) is 55.2 Å². The molecule has 0 radical (unpaired) electrons. The fourth-order valence-corrected chi connectivity index (χ4v) is 5.05. The molecule has 1 aliphatic heterocycles. The van der Waals surface area contributed by atoms with E-state index in [9.17, 15) is 4.79 Å². The number of carbonyl (C=O) groups is 1. The molecule has 0 aliphatic carbocycles. The van der Waals surface area contributed by atoms with Crippen LogP contribution < -0.4 is 4.90 Å². The molecule has 2 aromatic carbocycles. The fourth-order valence-electron chi connectivity index (χ4n) is 3.69.